The highest BCUT2D eigenvalue weighted by Gasteiger charge is 2.27. The summed E-state index contributed by atoms with van der Waals surface area (Å²) in [5.41, 5.74) is 2.23. The number of hydrogen-bond acceptors (Lipinski definition) is 6. The number of hydrogen-bond donors (Lipinski definition) is 2. The molecule has 3 aromatic rings. The van der Waals surface area contributed by atoms with Crippen LogP contribution >= 0.6 is 0 Å². The summed E-state index contributed by atoms with van der Waals surface area (Å²) in [5.74, 6) is 0.693. The summed E-state index contributed by atoms with van der Waals surface area (Å²) in [6.45, 7) is 0.271. The minimum Gasteiger partial charge on any atom is -0.379 e. The zero-order valence-electron chi connectivity index (χ0n) is 15.8. The third-order valence-electron chi connectivity index (χ3n) is 4.80. The Balaban J connectivity index is 1.59. The van der Waals surface area contributed by atoms with Crippen molar-refractivity contribution in [1.29, 1.82) is 0 Å². The molecule has 154 valence electrons. The van der Waals surface area contributed by atoms with Crippen molar-refractivity contribution >= 4 is 22.7 Å². The number of ether oxygens (including phenoxy) is 1. The quantitative estimate of drug-likeness (QED) is 0.674. The molecule has 0 amide bonds. The molecular weight excluding hydrogens is 385 g/mol. The summed E-state index contributed by atoms with van der Waals surface area (Å²) in [6.07, 6.45) is 0.929. The van der Waals surface area contributed by atoms with E-state index in [4.69, 9.17) is 4.74 Å². The summed E-state index contributed by atoms with van der Waals surface area (Å²) in [7, 11) is 1.89. The van der Waals surface area contributed by atoms with E-state index in [1.165, 1.54) is 6.20 Å². The lowest BCUT2D eigenvalue weighted by Gasteiger charge is -2.23. The van der Waals surface area contributed by atoms with Crippen LogP contribution in [0.25, 0.3) is 22.3 Å². The number of halogens is 3. The molecular formula is C19H21F3N6O. The number of fused-ring (bicyclic) bond motifs is 1. The molecule has 1 aliphatic rings. The zero-order valence-corrected chi connectivity index (χ0v) is 15.8. The van der Waals surface area contributed by atoms with Crippen LogP contribution in [0.2, 0.25) is 0 Å². The van der Waals surface area contributed by atoms with Gasteiger partial charge in [0.2, 0.25) is 5.95 Å². The third-order valence-corrected chi connectivity index (χ3v) is 4.80. The van der Waals surface area contributed by atoms with Crippen molar-refractivity contribution in [3.63, 3.8) is 0 Å². The van der Waals surface area contributed by atoms with Gasteiger partial charge in [-0.15, -0.1) is 0 Å². The van der Waals surface area contributed by atoms with Gasteiger partial charge in [0.15, 0.2) is 0 Å². The topological polar surface area (TPSA) is 76.9 Å². The number of alkyl halides is 3. The lowest BCUT2D eigenvalue weighted by molar-refractivity contribution is -0.115. The van der Waals surface area contributed by atoms with Gasteiger partial charge in [-0.1, -0.05) is 0 Å². The molecule has 10 heteroatoms. The molecule has 7 nitrogen and oxygen atoms in total. The lowest BCUT2D eigenvalue weighted by atomic mass is 10.1. The minimum absolute atomic E-state index is 0.0668. The first-order valence-corrected chi connectivity index (χ1v) is 9.33. The Bertz CT molecular complexity index is 997. The molecule has 3 aromatic heterocycles. The van der Waals surface area contributed by atoms with E-state index >= 15 is 0 Å². The molecule has 4 rings (SSSR count). The highest BCUT2D eigenvalue weighted by atomic mass is 19.4. The normalized spacial score (nSPS) is 17.4. The zero-order chi connectivity index (χ0) is 20.4. The average Bonchev–Trinajstić information content (AvgIpc) is 3.03. The van der Waals surface area contributed by atoms with Crippen molar-refractivity contribution in [3.05, 3.63) is 30.6 Å². The number of nitrogens with one attached hydrogen (secondary N) is 2. The first-order valence-electron chi connectivity index (χ1n) is 9.33. The van der Waals surface area contributed by atoms with Crippen molar-refractivity contribution in [2.75, 3.05) is 30.4 Å². The van der Waals surface area contributed by atoms with Crippen LogP contribution in [-0.4, -0.2) is 51.5 Å². The Hall–Kier alpha value is -2.88. The third kappa shape index (κ3) is 4.58. The summed E-state index contributed by atoms with van der Waals surface area (Å²) in [4.78, 5) is 12.6. The van der Waals surface area contributed by atoms with Crippen LogP contribution in [0, 0.1) is 0 Å². The van der Waals surface area contributed by atoms with Gasteiger partial charge in [0.1, 0.15) is 12.4 Å². The fourth-order valence-electron chi connectivity index (χ4n) is 3.39. The molecule has 0 bridgehead atoms. The summed E-state index contributed by atoms with van der Waals surface area (Å²) in [6, 6.07) is 5.76. The van der Waals surface area contributed by atoms with Gasteiger partial charge < -0.3 is 19.9 Å². The van der Waals surface area contributed by atoms with E-state index in [1.807, 2.05) is 23.7 Å². The number of anilines is 2. The number of aromatic nitrogens is 4. The summed E-state index contributed by atoms with van der Waals surface area (Å²) >= 11 is 0. The van der Waals surface area contributed by atoms with Crippen LogP contribution < -0.4 is 10.6 Å². The number of pyridine rings is 1. The Morgan fingerprint density at radius 1 is 1.28 bits per heavy atom. The summed E-state index contributed by atoms with van der Waals surface area (Å²) in [5, 5.41) is 6.52. The van der Waals surface area contributed by atoms with Gasteiger partial charge in [-0.3, -0.25) is 0 Å². The molecule has 0 radical (unpaired) electrons. The van der Waals surface area contributed by atoms with Crippen molar-refractivity contribution in [1.82, 2.24) is 19.5 Å². The molecule has 1 fully saturated rings. The second kappa shape index (κ2) is 7.86. The maximum atomic E-state index is 12.4. The second-order valence-corrected chi connectivity index (χ2v) is 7.01. The Kier molecular flexibility index (Phi) is 5.27. The fraction of sp³-hybridized carbons (Fsp3) is 0.421. The van der Waals surface area contributed by atoms with Gasteiger partial charge in [-0.25, -0.2) is 15.0 Å². The van der Waals surface area contributed by atoms with Gasteiger partial charge in [0.25, 0.3) is 0 Å². The Morgan fingerprint density at radius 2 is 2.14 bits per heavy atom. The van der Waals surface area contributed by atoms with E-state index < -0.39 is 12.7 Å². The molecule has 29 heavy (non-hydrogen) atoms. The van der Waals surface area contributed by atoms with Crippen LogP contribution in [0.15, 0.2) is 30.6 Å². The first kappa shape index (κ1) is 19.4. The van der Waals surface area contributed by atoms with Gasteiger partial charge in [-0.2, -0.15) is 13.2 Å². The first-order chi connectivity index (χ1) is 13.9. The molecule has 1 saturated heterocycles. The van der Waals surface area contributed by atoms with E-state index in [-0.39, 0.29) is 12.0 Å². The van der Waals surface area contributed by atoms with Gasteiger partial charge in [-0.05, 0) is 25.0 Å². The molecule has 1 atom stereocenters. The molecule has 2 N–H and O–H groups in total. The van der Waals surface area contributed by atoms with Crippen LogP contribution in [0.3, 0.4) is 0 Å². The van der Waals surface area contributed by atoms with E-state index in [2.05, 4.69) is 25.6 Å². The molecule has 1 unspecified atom stereocenters. The standard InChI is InChI=1S/C19H21F3N6O/c1-28-15-8-17(26-13-3-2-6-29-10-13)24-9-12(15)7-16(28)14-4-5-23-18(27-14)25-11-19(20,21)22/h4-5,7-9,13H,2-3,6,10-11H2,1H3,(H,24,26)(H,23,25,27). The van der Waals surface area contributed by atoms with Gasteiger partial charge in [0, 0.05) is 37.5 Å². The predicted octanol–water partition coefficient (Wildman–Crippen LogP) is 3.60. The van der Waals surface area contributed by atoms with E-state index in [0.29, 0.717) is 12.3 Å². The van der Waals surface area contributed by atoms with E-state index in [0.717, 1.165) is 41.9 Å². The number of aryl methyl sites for hydroxylation is 1. The lowest BCUT2D eigenvalue weighted by Crippen LogP contribution is -2.30. The smallest absolute Gasteiger partial charge is 0.379 e. The molecule has 0 aliphatic carbocycles. The Labute approximate surface area is 165 Å². The van der Waals surface area contributed by atoms with Gasteiger partial charge in [0.05, 0.1) is 29.6 Å². The van der Waals surface area contributed by atoms with Crippen molar-refractivity contribution in [2.24, 2.45) is 7.05 Å². The molecule has 0 saturated carbocycles. The van der Waals surface area contributed by atoms with Crippen LogP contribution in [0.4, 0.5) is 24.9 Å². The van der Waals surface area contributed by atoms with E-state index in [1.54, 1.807) is 12.3 Å². The molecule has 0 spiro atoms. The number of nitrogens with zero attached hydrogens (tertiary/aromatic N) is 4. The maximum Gasteiger partial charge on any atom is 0.405 e. The largest absolute Gasteiger partial charge is 0.405 e. The maximum absolute atomic E-state index is 12.4. The highest BCUT2D eigenvalue weighted by Crippen LogP contribution is 2.28. The number of rotatable bonds is 5. The highest BCUT2D eigenvalue weighted by molar-refractivity contribution is 5.87. The predicted molar refractivity (Wildman–Crippen MR) is 104 cm³/mol. The van der Waals surface area contributed by atoms with Crippen LogP contribution in [-0.2, 0) is 11.8 Å². The van der Waals surface area contributed by atoms with Crippen molar-refractivity contribution in [2.45, 2.75) is 25.1 Å². The van der Waals surface area contributed by atoms with Gasteiger partial charge >= 0.3 is 6.18 Å². The van der Waals surface area contributed by atoms with Crippen molar-refractivity contribution < 1.29 is 17.9 Å². The summed E-state index contributed by atoms with van der Waals surface area (Å²) < 4.78 is 44.7. The molecule has 0 aromatic carbocycles. The van der Waals surface area contributed by atoms with E-state index in [9.17, 15) is 13.2 Å². The Morgan fingerprint density at radius 3 is 2.90 bits per heavy atom. The van der Waals surface area contributed by atoms with Crippen LogP contribution in [0.1, 0.15) is 12.8 Å². The second-order valence-electron chi connectivity index (χ2n) is 7.01. The minimum atomic E-state index is -4.34. The molecule has 4 heterocycles. The SMILES string of the molecule is Cn1c(-c2ccnc(NCC(F)(F)F)n2)cc2cnc(NC3CCCOC3)cc21. The average molecular weight is 406 g/mol. The molecule has 1 aliphatic heterocycles. The van der Waals surface area contributed by atoms with Crippen molar-refractivity contribution in [3.8, 4) is 11.4 Å². The van der Waals surface area contributed by atoms with Crippen LogP contribution in [0.5, 0.6) is 0 Å². The fourth-order valence-corrected chi connectivity index (χ4v) is 3.39. The monoisotopic (exact) mass is 406 g/mol.